The van der Waals surface area contributed by atoms with E-state index in [0.29, 0.717) is 19.0 Å². The van der Waals surface area contributed by atoms with Gasteiger partial charge < -0.3 is 0 Å². The number of halogens is 1. The van der Waals surface area contributed by atoms with E-state index in [-0.39, 0.29) is 5.54 Å². The van der Waals surface area contributed by atoms with Crippen molar-refractivity contribution in [3.63, 3.8) is 0 Å². The maximum atomic E-state index is 12.5. The van der Waals surface area contributed by atoms with E-state index in [2.05, 4.69) is 32.6 Å². The molecule has 0 aromatic carbocycles. The van der Waals surface area contributed by atoms with Crippen LogP contribution < -0.4 is 0 Å². The van der Waals surface area contributed by atoms with E-state index in [1.807, 2.05) is 0 Å². The summed E-state index contributed by atoms with van der Waals surface area (Å²) in [7, 11) is 0. The number of likely N-dealkylation sites (tertiary alicyclic amines) is 1. The Morgan fingerprint density at radius 3 is 2.09 bits per heavy atom. The van der Waals surface area contributed by atoms with Crippen LogP contribution in [0.5, 0.6) is 0 Å². The van der Waals surface area contributed by atoms with Crippen molar-refractivity contribution < 1.29 is 4.39 Å². The summed E-state index contributed by atoms with van der Waals surface area (Å²) in [6, 6.07) is 0. The number of rotatable bonds is 2. The van der Waals surface area contributed by atoms with E-state index in [1.165, 1.54) is 0 Å². The topological polar surface area (TPSA) is 3.24 Å². The molecule has 0 bridgehead atoms. The second-order valence-electron chi connectivity index (χ2n) is 4.31. The molecule has 0 spiro atoms. The number of hydrogen-bond donors (Lipinski definition) is 0. The minimum atomic E-state index is -0.576. The van der Waals surface area contributed by atoms with E-state index in [0.717, 1.165) is 0 Å². The van der Waals surface area contributed by atoms with Gasteiger partial charge in [-0.1, -0.05) is 13.8 Å². The highest BCUT2D eigenvalue weighted by Gasteiger charge is 2.38. The third kappa shape index (κ3) is 1.56. The molecule has 0 aromatic rings. The van der Waals surface area contributed by atoms with Gasteiger partial charge in [-0.3, -0.25) is 4.90 Å². The van der Waals surface area contributed by atoms with Crippen LogP contribution in [0.15, 0.2) is 0 Å². The SMILES string of the molecule is CC(C)C(C)(C)N1CC(F)C1. The first-order valence-electron chi connectivity index (χ1n) is 4.33. The van der Waals surface area contributed by atoms with Gasteiger partial charge in [-0.2, -0.15) is 0 Å². The van der Waals surface area contributed by atoms with Gasteiger partial charge >= 0.3 is 0 Å². The second-order valence-corrected chi connectivity index (χ2v) is 4.31. The molecule has 0 amide bonds. The average Bonchev–Trinajstić information content (AvgIpc) is 1.80. The van der Waals surface area contributed by atoms with Gasteiger partial charge in [-0.25, -0.2) is 4.39 Å². The highest BCUT2D eigenvalue weighted by molar-refractivity contribution is 4.93. The van der Waals surface area contributed by atoms with Crippen molar-refractivity contribution in [3.05, 3.63) is 0 Å². The molecular weight excluding hydrogens is 141 g/mol. The molecule has 0 aliphatic carbocycles. The van der Waals surface area contributed by atoms with E-state index in [1.54, 1.807) is 0 Å². The predicted octanol–water partition coefficient (Wildman–Crippen LogP) is 2.07. The van der Waals surface area contributed by atoms with Gasteiger partial charge in [-0.05, 0) is 19.8 Å². The van der Waals surface area contributed by atoms with Gasteiger partial charge in [0.1, 0.15) is 6.17 Å². The fourth-order valence-electron chi connectivity index (χ4n) is 1.26. The molecule has 0 saturated carbocycles. The fourth-order valence-corrected chi connectivity index (χ4v) is 1.26. The van der Waals surface area contributed by atoms with Gasteiger partial charge in [0.25, 0.3) is 0 Å². The molecule has 1 aliphatic rings. The van der Waals surface area contributed by atoms with E-state index in [9.17, 15) is 4.39 Å². The van der Waals surface area contributed by atoms with Gasteiger partial charge in [0, 0.05) is 18.6 Å². The zero-order chi connectivity index (χ0) is 8.65. The normalized spacial score (nSPS) is 22.4. The first-order valence-corrected chi connectivity index (χ1v) is 4.33. The van der Waals surface area contributed by atoms with E-state index in [4.69, 9.17) is 0 Å². The van der Waals surface area contributed by atoms with Crippen molar-refractivity contribution in [1.82, 2.24) is 4.90 Å². The predicted molar refractivity (Wildman–Crippen MR) is 45.4 cm³/mol. The molecule has 1 heterocycles. The third-order valence-corrected chi connectivity index (χ3v) is 3.06. The van der Waals surface area contributed by atoms with Gasteiger partial charge in [0.2, 0.25) is 0 Å². The molecule has 0 unspecified atom stereocenters. The van der Waals surface area contributed by atoms with Crippen molar-refractivity contribution in [2.45, 2.75) is 39.4 Å². The Labute approximate surface area is 68.6 Å². The molecule has 1 rings (SSSR count). The van der Waals surface area contributed by atoms with Crippen molar-refractivity contribution in [3.8, 4) is 0 Å². The van der Waals surface area contributed by atoms with Crippen LogP contribution in [0.25, 0.3) is 0 Å². The molecule has 1 aliphatic heterocycles. The Kier molecular flexibility index (Phi) is 2.24. The van der Waals surface area contributed by atoms with Crippen LogP contribution in [0.2, 0.25) is 0 Å². The average molecular weight is 159 g/mol. The molecule has 2 heteroatoms. The zero-order valence-corrected chi connectivity index (χ0v) is 7.89. The molecule has 11 heavy (non-hydrogen) atoms. The molecule has 0 aromatic heterocycles. The highest BCUT2D eigenvalue weighted by atomic mass is 19.1. The van der Waals surface area contributed by atoms with Crippen molar-refractivity contribution in [1.29, 1.82) is 0 Å². The van der Waals surface area contributed by atoms with Crippen molar-refractivity contribution in [2.24, 2.45) is 5.92 Å². The lowest BCUT2D eigenvalue weighted by atomic mass is 9.86. The molecule has 0 N–H and O–H groups in total. The highest BCUT2D eigenvalue weighted by Crippen LogP contribution is 2.29. The Bertz CT molecular complexity index is 136. The molecule has 1 saturated heterocycles. The Balaban J connectivity index is 2.46. The van der Waals surface area contributed by atoms with Crippen LogP contribution >= 0.6 is 0 Å². The Morgan fingerprint density at radius 1 is 1.36 bits per heavy atom. The van der Waals surface area contributed by atoms with Crippen molar-refractivity contribution in [2.75, 3.05) is 13.1 Å². The van der Waals surface area contributed by atoms with Crippen molar-refractivity contribution >= 4 is 0 Å². The molecule has 0 radical (unpaired) electrons. The summed E-state index contributed by atoms with van der Waals surface area (Å²) in [5, 5.41) is 0. The second kappa shape index (κ2) is 2.74. The quantitative estimate of drug-likeness (QED) is 0.596. The van der Waals surface area contributed by atoms with E-state index >= 15 is 0 Å². The Morgan fingerprint density at radius 2 is 1.82 bits per heavy atom. The Hall–Kier alpha value is -0.110. The summed E-state index contributed by atoms with van der Waals surface area (Å²) < 4.78 is 12.5. The summed E-state index contributed by atoms with van der Waals surface area (Å²) in [5.74, 6) is 0.593. The summed E-state index contributed by atoms with van der Waals surface area (Å²) in [4.78, 5) is 2.21. The zero-order valence-electron chi connectivity index (χ0n) is 7.89. The minimum absolute atomic E-state index is 0.169. The van der Waals surface area contributed by atoms with Crippen LogP contribution in [0.1, 0.15) is 27.7 Å². The smallest absolute Gasteiger partial charge is 0.125 e. The molecule has 66 valence electrons. The molecule has 1 fully saturated rings. The van der Waals surface area contributed by atoms with Crippen LogP contribution in [-0.4, -0.2) is 29.7 Å². The van der Waals surface area contributed by atoms with Crippen LogP contribution in [0.3, 0.4) is 0 Å². The largest absolute Gasteiger partial charge is 0.292 e. The fraction of sp³-hybridized carbons (Fsp3) is 1.00. The van der Waals surface area contributed by atoms with E-state index < -0.39 is 6.17 Å². The summed E-state index contributed by atoms with van der Waals surface area (Å²) in [6.45, 7) is 10.0. The first kappa shape index (κ1) is 8.98. The summed E-state index contributed by atoms with van der Waals surface area (Å²) in [5.41, 5.74) is 0.169. The maximum Gasteiger partial charge on any atom is 0.125 e. The number of alkyl halides is 1. The van der Waals surface area contributed by atoms with Gasteiger partial charge in [0.15, 0.2) is 0 Å². The minimum Gasteiger partial charge on any atom is -0.292 e. The van der Waals surface area contributed by atoms with Gasteiger partial charge in [-0.15, -0.1) is 0 Å². The summed E-state index contributed by atoms with van der Waals surface area (Å²) in [6.07, 6.45) is -0.576. The lowest BCUT2D eigenvalue weighted by molar-refractivity contribution is -0.0352. The summed E-state index contributed by atoms with van der Waals surface area (Å²) >= 11 is 0. The molecule has 0 atom stereocenters. The monoisotopic (exact) mass is 159 g/mol. The maximum absolute atomic E-state index is 12.5. The molecule has 1 nitrogen and oxygen atoms in total. The number of hydrogen-bond acceptors (Lipinski definition) is 1. The molecular formula is C9H18FN. The number of nitrogens with zero attached hydrogens (tertiary/aromatic N) is 1. The lowest BCUT2D eigenvalue weighted by Gasteiger charge is -2.48. The van der Waals surface area contributed by atoms with Crippen LogP contribution in [0.4, 0.5) is 4.39 Å². The van der Waals surface area contributed by atoms with Crippen LogP contribution in [0, 0.1) is 5.92 Å². The van der Waals surface area contributed by atoms with Crippen LogP contribution in [-0.2, 0) is 0 Å². The standard InChI is InChI=1S/C9H18FN/c1-7(2)9(3,4)11-5-8(10)6-11/h7-8H,5-6H2,1-4H3. The first-order chi connectivity index (χ1) is 4.94. The third-order valence-electron chi connectivity index (χ3n) is 3.06. The van der Waals surface area contributed by atoms with Gasteiger partial charge in [0.05, 0.1) is 0 Å². The lowest BCUT2D eigenvalue weighted by Crippen LogP contribution is -2.60.